The molecule has 240 valence electrons. The topological polar surface area (TPSA) is 50.8 Å². The molecule has 0 atom stereocenters. The van der Waals surface area contributed by atoms with Crippen LogP contribution in [0, 0.1) is 0 Å². The molecule has 0 N–H and O–H groups in total. The van der Waals surface area contributed by atoms with E-state index in [1.807, 2.05) is 67.7 Å². The van der Waals surface area contributed by atoms with E-state index < -0.39 is 0 Å². The van der Waals surface area contributed by atoms with Crippen LogP contribution in [0.1, 0.15) is 35.6 Å². The maximum atomic E-state index is 6.42. The van der Waals surface area contributed by atoms with E-state index in [1.54, 1.807) is 0 Å². The fourth-order valence-corrected chi connectivity index (χ4v) is 6.47. The van der Waals surface area contributed by atoms with Gasteiger partial charge in [0.15, 0.2) is 0 Å². The quantitative estimate of drug-likeness (QED) is 0.154. The Balaban J connectivity index is 1.25. The fraction of sp³-hybridized carbons (Fsp3) is 0.0652. The Hall–Kier alpha value is -6.39. The van der Waals surface area contributed by atoms with Crippen LogP contribution in [-0.4, -0.2) is 23.0 Å². The van der Waals surface area contributed by atoms with Gasteiger partial charge in [-0.1, -0.05) is 116 Å². The van der Waals surface area contributed by atoms with E-state index in [0.717, 1.165) is 96.7 Å². The number of hydrogen-bond donors (Lipinski definition) is 0. The van der Waals surface area contributed by atoms with Gasteiger partial charge in [0.25, 0.3) is 0 Å². The number of benzene rings is 5. The van der Waals surface area contributed by atoms with Crippen molar-refractivity contribution >= 4 is 33.8 Å². The van der Waals surface area contributed by atoms with Crippen LogP contribution >= 0.6 is 0 Å². The van der Waals surface area contributed by atoms with Crippen molar-refractivity contribution in [1.29, 1.82) is 0 Å². The summed E-state index contributed by atoms with van der Waals surface area (Å²) in [4.78, 5) is 14.3. The number of aromatic nitrogens is 1. The molecule has 4 nitrogen and oxygen atoms in total. The predicted molar refractivity (Wildman–Crippen MR) is 208 cm³/mol. The zero-order chi connectivity index (χ0) is 33.9. The average Bonchev–Trinajstić information content (AvgIpc) is 3.56. The highest BCUT2D eigenvalue weighted by Crippen LogP contribution is 2.41. The van der Waals surface area contributed by atoms with Crippen molar-refractivity contribution in [3.63, 3.8) is 0 Å². The van der Waals surface area contributed by atoms with Crippen LogP contribution in [0.4, 0.5) is 5.88 Å². The lowest BCUT2D eigenvalue weighted by Crippen LogP contribution is -2.02. The van der Waals surface area contributed by atoms with Gasteiger partial charge in [-0.2, -0.15) is 0 Å². The van der Waals surface area contributed by atoms with Crippen molar-refractivity contribution in [2.45, 2.75) is 13.3 Å². The van der Waals surface area contributed by atoms with Crippen LogP contribution in [0.25, 0.3) is 50.1 Å². The summed E-state index contributed by atoms with van der Waals surface area (Å²) in [5.41, 5.74) is 14.0. The van der Waals surface area contributed by atoms with Gasteiger partial charge in [-0.05, 0) is 100 Å². The predicted octanol–water partition coefficient (Wildman–Crippen LogP) is 11.8. The summed E-state index contributed by atoms with van der Waals surface area (Å²) in [6.07, 6.45) is 7.13. The molecule has 50 heavy (non-hydrogen) atoms. The summed E-state index contributed by atoms with van der Waals surface area (Å²) in [5.74, 6) is 0.551. The number of hydrogen-bond acceptors (Lipinski definition) is 4. The Morgan fingerprint density at radius 2 is 1.32 bits per heavy atom. The fourth-order valence-electron chi connectivity index (χ4n) is 6.47. The Kier molecular flexibility index (Phi) is 8.42. The number of allylic oxidation sites excluding steroid dienone is 1. The molecule has 0 fully saturated rings. The molecule has 0 saturated carbocycles. The average molecular weight is 646 g/mol. The zero-order valence-corrected chi connectivity index (χ0v) is 27.9. The van der Waals surface area contributed by atoms with Gasteiger partial charge in [0.2, 0.25) is 5.88 Å². The first kappa shape index (κ1) is 30.9. The van der Waals surface area contributed by atoms with Crippen LogP contribution in [0.5, 0.6) is 0 Å². The minimum Gasteiger partial charge on any atom is -0.438 e. The number of dihydropyridines is 1. The van der Waals surface area contributed by atoms with Crippen LogP contribution < -0.4 is 0 Å². The van der Waals surface area contributed by atoms with Gasteiger partial charge in [-0.25, -0.2) is 4.99 Å². The second-order valence-corrected chi connectivity index (χ2v) is 12.4. The smallest absolute Gasteiger partial charge is 0.228 e. The van der Waals surface area contributed by atoms with E-state index in [1.165, 1.54) is 0 Å². The number of aliphatic imine (C=N–C) groups is 2. The second-order valence-electron chi connectivity index (χ2n) is 12.4. The van der Waals surface area contributed by atoms with Gasteiger partial charge in [-0.3, -0.25) is 9.98 Å². The van der Waals surface area contributed by atoms with E-state index in [-0.39, 0.29) is 0 Å². The van der Waals surface area contributed by atoms with E-state index in [9.17, 15) is 0 Å². The van der Waals surface area contributed by atoms with Crippen molar-refractivity contribution in [2.75, 3.05) is 6.54 Å². The highest BCUT2D eigenvalue weighted by atomic mass is 16.3. The number of pyridine rings is 1. The zero-order valence-electron chi connectivity index (χ0n) is 27.9. The molecule has 2 aromatic heterocycles. The lowest BCUT2D eigenvalue weighted by Gasteiger charge is -2.14. The SMILES string of the molecule is C=C(c1cc(-c2ccc(C3=NCCC=C3)cc2)cc(-c2ccc(-c3ccccn3)cc2)c1)c1c(/N=C(\C)c2ccccc2)oc2ccccc12. The summed E-state index contributed by atoms with van der Waals surface area (Å²) in [6.45, 7) is 7.54. The summed E-state index contributed by atoms with van der Waals surface area (Å²) in [7, 11) is 0. The van der Waals surface area contributed by atoms with Crippen LogP contribution in [0.2, 0.25) is 0 Å². The maximum Gasteiger partial charge on any atom is 0.228 e. The van der Waals surface area contributed by atoms with Crippen molar-refractivity contribution < 1.29 is 4.42 Å². The molecular formula is C46H35N3O. The van der Waals surface area contributed by atoms with E-state index in [0.29, 0.717) is 5.88 Å². The molecule has 0 bridgehead atoms. The first-order chi connectivity index (χ1) is 24.6. The maximum absolute atomic E-state index is 6.42. The Labute approximate surface area is 292 Å². The molecule has 0 saturated heterocycles. The third-order valence-corrected chi connectivity index (χ3v) is 9.17. The molecule has 0 amide bonds. The highest BCUT2D eigenvalue weighted by Gasteiger charge is 2.20. The first-order valence-corrected chi connectivity index (χ1v) is 16.9. The molecule has 8 rings (SSSR count). The second kappa shape index (κ2) is 13.6. The van der Waals surface area contributed by atoms with Gasteiger partial charge >= 0.3 is 0 Å². The third-order valence-electron chi connectivity index (χ3n) is 9.17. The Morgan fingerprint density at radius 1 is 0.660 bits per heavy atom. The van der Waals surface area contributed by atoms with E-state index in [4.69, 9.17) is 21.0 Å². The normalized spacial score (nSPS) is 13.0. The van der Waals surface area contributed by atoms with Crippen molar-refractivity contribution in [1.82, 2.24) is 4.98 Å². The van der Waals surface area contributed by atoms with Gasteiger partial charge < -0.3 is 4.42 Å². The molecule has 0 unspecified atom stereocenters. The first-order valence-electron chi connectivity index (χ1n) is 16.9. The van der Waals surface area contributed by atoms with E-state index in [2.05, 4.69) is 102 Å². The van der Waals surface area contributed by atoms with Gasteiger partial charge in [-0.15, -0.1) is 0 Å². The Bertz CT molecular complexity index is 2410. The highest BCUT2D eigenvalue weighted by molar-refractivity contribution is 6.09. The molecule has 0 aliphatic carbocycles. The molecule has 1 aliphatic heterocycles. The number of furan rings is 1. The summed E-state index contributed by atoms with van der Waals surface area (Å²) in [6, 6.07) is 48.2. The van der Waals surface area contributed by atoms with Gasteiger partial charge in [0.05, 0.1) is 17.0 Å². The molecule has 1 aliphatic rings. The largest absolute Gasteiger partial charge is 0.438 e. The van der Waals surface area contributed by atoms with Crippen molar-refractivity contribution in [3.05, 3.63) is 187 Å². The minimum absolute atomic E-state index is 0.551. The molecule has 7 aromatic rings. The lowest BCUT2D eigenvalue weighted by atomic mass is 9.90. The minimum atomic E-state index is 0.551. The number of para-hydroxylation sites is 1. The number of rotatable bonds is 8. The summed E-state index contributed by atoms with van der Waals surface area (Å²) < 4.78 is 6.42. The lowest BCUT2D eigenvalue weighted by molar-refractivity contribution is 0.625. The van der Waals surface area contributed by atoms with Gasteiger partial charge in [0.1, 0.15) is 5.58 Å². The van der Waals surface area contributed by atoms with Crippen LogP contribution in [0.3, 0.4) is 0 Å². The monoisotopic (exact) mass is 645 g/mol. The third kappa shape index (κ3) is 6.27. The molecule has 0 spiro atoms. The molecule has 0 radical (unpaired) electrons. The number of nitrogens with zero attached hydrogens (tertiary/aromatic N) is 3. The molecule has 5 aromatic carbocycles. The molecular weight excluding hydrogens is 611 g/mol. The van der Waals surface area contributed by atoms with E-state index >= 15 is 0 Å². The Morgan fingerprint density at radius 3 is 2.00 bits per heavy atom. The van der Waals surface area contributed by atoms with Crippen LogP contribution in [0.15, 0.2) is 179 Å². The summed E-state index contributed by atoms with van der Waals surface area (Å²) in [5, 5.41) is 0.981. The van der Waals surface area contributed by atoms with Gasteiger partial charge in [0, 0.05) is 29.4 Å². The standard InChI is InChI=1S/C46H35N3O/c1-31(45-41-14-6-7-17-44(41)50-46(45)49-32(2)33-12-4-3-5-13-33)38-28-39(34-18-22-36(23-19-34)42-15-8-10-26-47-42)30-40(29-38)35-20-24-37(25-21-35)43-16-9-11-27-48-43/h3-10,12-26,28-30H,1,11,27H2,2H3/b49-32+. The van der Waals surface area contributed by atoms with Crippen molar-refractivity contribution in [2.24, 2.45) is 9.98 Å². The van der Waals surface area contributed by atoms with Crippen LogP contribution in [-0.2, 0) is 0 Å². The number of fused-ring (bicyclic) bond motifs is 1. The molecule has 3 heterocycles. The summed E-state index contributed by atoms with van der Waals surface area (Å²) >= 11 is 0. The molecule has 4 heteroatoms. The van der Waals surface area contributed by atoms with Crippen molar-refractivity contribution in [3.8, 4) is 33.5 Å².